The Labute approximate surface area is 204 Å². The number of rotatable bonds is 10. The average molecular weight is 482 g/mol. The van der Waals surface area contributed by atoms with E-state index in [9.17, 15) is 14.7 Å². The van der Waals surface area contributed by atoms with Gasteiger partial charge in [0.1, 0.15) is 30.0 Å². The number of carbonyl (C=O) groups is 2. The van der Waals surface area contributed by atoms with Crippen LogP contribution < -0.4 is 20.5 Å². The molecule has 0 saturated carbocycles. The van der Waals surface area contributed by atoms with Gasteiger partial charge in [-0.1, -0.05) is 12.1 Å². The van der Waals surface area contributed by atoms with Crippen LogP contribution in [-0.2, 0) is 4.79 Å². The van der Waals surface area contributed by atoms with Crippen LogP contribution in [0.4, 0.5) is 0 Å². The minimum absolute atomic E-state index is 0.0591. The number of benzene rings is 2. The topological polar surface area (TPSA) is 162 Å². The highest BCUT2D eigenvalue weighted by molar-refractivity contribution is 5.95. The Morgan fingerprint density at radius 2 is 1.80 bits per heavy atom. The molecule has 0 bridgehead atoms. The normalized spacial score (nSPS) is 14.6. The maximum Gasteiger partial charge on any atom is 0.305 e. The van der Waals surface area contributed by atoms with Crippen molar-refractivity contribution in [3.8, 4) is 11.5 Å². The van der Waals surface area contributed by atoms with Gasteiger partial charge in [-0.25, -0.2) is 0 Å². The van der Waals surface area contributed by atoms with Gasteiger partial charge in [0.15, 0.2) is 0 Å². The molecule has 1 aliphatic heterocycles. The van der Waals surface area contributed by atoms with Crippen LogP contribution >= 0.6 is 0 Å². The highest BCUT2D eigenvalue weighted by atomic mass is 16.5. The van der Waals surface area contributed by atoms with Gasteiger partial charge in [-0.2, -0.15) is 0 Å². The number of amidine groups is 2. The van der Waals surface area contributed by atoms with Gasteiger partial charge < -0.3 is 30.5 Å². The smallest absolute Gasteiger partial charge is 0.305 e. The Kier molecular flexibility index (Phi) is 8.66. The van der Waals surface area contributed by atoms with Crippen molar-refractivity contribution in [2.75, 3.05) is 19.7 Å². The molecular formula is C25H31N5O5. The molecule has 1 heterocycles. The molecule has 1 amide bonds. The van der Waals surface area contributed by atoms with Crippen molar-refractivity contribution in [1.29, 1.82) is 10.8 Å². The number of aliphatic carboxylic acids is 1. The Morgan fingerprint density at radius 1 is 1.11 bits per heavy atom. The van der Waals surface area contributed by atoms with E-state index < -0.39 is 17.9 Å². The van der Waals surface area contributed by atoms with E-state index in [0.29, 0.717) is 28.5 Å². The predicted molar refractivity (Wildman–Crippen MR) is 132 cm³/mol. The lowest BCUT2D eigenvalue weighted by Gasteiger charge is -2.32. The van der Waals surface area contributed by atoms with Crippen molar-refractivity contribution in [3.63, 3.8) is 0 Å². The zero-order valence-electron chi connectivity index (χ0n) is 19.6. The molecule has 0 aromatic heterocycles. The summed E-state index contributed by atoms with van der Waals surface area (Å²) in [4.78, 5) is 26.0. The van der Waals surface area contributed by atoms with Crippen molar-refractivity contribution >= 4 is 23.5 Å². The summed E-state index contributed by atoms with van der Waals surface area (Å²) in [6.07, 6.45) is 1.40. The minimum Gasteiger partial charge on any atom is -0.491 e. The SMILES string of the molecule is CC(=N)N1CCC(Oc2ccc(C(=O)N[C@@H](COc3cccc(C(=N)N)c3)CC(=O)O)cc2)CC1. The maximum atomic E-state index is 12.7. The van der Waals surface area contributed by atoms with Gasteiger partial charge in [0, 0.05) is 37.1 Å². The first-order valence-electron chi connectivity index (χ1n) is 11.4. The molecule has 10 nitrogen and oxygen atoms in total. The van der Waals surface area contributed by atoms with Crippen molar-refractivity contribution < 1.29 is 24.2 Å². The molecule has 1 atom stereocenters. The van der Waals surface area contributed by atoms with Crippen molar-refractivity contribution in [2.24, 2.45) is 5.73 Å². The number of nitrogens with one attached hydrogen (secondary N) is 3. The Bertz CT molecular complexity index is 1060. The van der Waals surface area contributed by atoms with Gasteiger partial charge in [0.2, 0.25) is 0 Å². The minimum atomic E-state index is -1.07. The molecular weight excluding hydrogens is 450 g/mol. The summed E-state index contributed by atoms with van der Waals surface area (Å²) in [5.74, 6) is 0.0519. The molecule has 1 saturated heterocycles. The van der Waals surface area contributed by atoms with Crippen LogP contribution in [-0.4, -0.2) is 65.4 Å². The highest BCUT2D eigenvalue weighted by Crippen LogP contribution is 2.20. The van der Waals surface area contributed by atoms with E-state index in [1.54, 1.807) is 55.5 Å². The number of nitrogen functional groups attached to an aromatic ring is 1. The summed E-state index contributed by atoms with van der Waals surface area (Å²) >= 11 is 0. The highest BCUT2D eigenvalue weighted by Gasteiger charge is 2.21. The van der Waals surface area contributed by atoms with E-state index in [0.717, 1.165) is 25.9 Å². The van der Waals surface area contributed by atoms with Gasteiger partial charge in [-0.05, 0) is 43.3 Å². The maximum absolute atomic E-state index is 12.7. The molecule has 0 spiro atoms. The standard InChI is InChI=1S/C25H31N5O5/c1-16(26)30-11-9-21(10-12-30)35-20-7-5-17(6-8-20)25(33)29-19(14-23(31)32)15-34-22-4-2-3-18(13-22)24(27)28/h2-8,13,19,21,26H,9-12,14-15H2,1H3,(H3,27,28)(H,29,33)(H,31,32)/t19-/m1/s1. The number of amides is 1. The lowest BCUT2D eigenvalue weighted by atomic mass is 10.1. The number of likely N-dealkylation sites (tertiary alicyclic amines) is 1. The van der Waals surface area contributed by atoms with E-state index in [1.165, 1.54) is 0 Å². The number of carboxylic acids is 1. The first-order valence-corrected chi connectivity index (χ1v) is 11.4. The molecule has 0 aliphatic carbocycles. The quantitative estimate of drug-likeness (QED) is 0.257. The monoisotopic (exact) mass is 481 g/mol. The van der Waals surface area contributed by atoms with Gasteiger partial charge >= 0.3 is 5.97 Å². The number of hydrogen-bond acceptors (Lipinski definition) is 6. The van der Waals surface area contributed by atoms with Crippen LogP contribution in [0.1, 0.15) is 42.1 Å². The lowest BCUT2D eigenvalue weighted by Crippen LogP contribution is -2.40. The second-order valence-electron chi connectivity index (χ2n) is 8.43. The number of carboxylic acid groups (broad SMARTS) is 1. The molecule has 35 heavy (non-hydrogen) atoms. The summed E-state index contributed by atoms with van der Waals surface area (Å²) in [7, 11) is 0. The van der Waals surface area contributed by atoms with Crippen LogP contribution in [0.15, 0.2) is 48.5 Å². The number of ether oxygens (including phenoxy) is 2. The van der Waals surface area contributed by atoms with Crippen LogP contribution in [0.25, 0.3) is 0 Å². The molecule has 0 radical (unpaired) electrons. The van der Waals surface area contributed by atoms with Crippen molar-refractivity contribution in [1.82, 2.24) is 10.2 Å². The van der Waals surface area contributed by atoms with Crippen LogP contribution in [0, 0.1) is 10.8 Å². The lowest BCUT2D eigenvalue weighted by molar-refractivity contribution is -0.137. The first-order chi connectivity index (χ1) is 16.7. The number of piperidine rings is 1. The zero-order chi connectivity index (χ0) is 25.4. The summed E-state index contributed by atoms with van der Waals surface area (Å²) in [5, 5.41) is 27.2. The van der Waals surface area contributed by atoms with Crippen LogP contribution in [0.5, 0.6) is 11.5 Å². The van der Waals surface area contributed by atoms with E-state index in [-0.39, 0.29) is 25.0 Å². The van der Waals surface area contributed by atoms with Crippen LogP contribution in [0.2, 0.25) is 0 Å². The summed E-state index contributed by atoms with van der Waals surface area (Å²) in [5.41, 5.74) is 6.35. The number of carbonyl (C=O) groups excluding carboxylic acids is 1. The third-order valence-electron chi connectivity index (χ3n) is 5.69. The van der Waals surface area contributed by atoms with Gasteiger partial charge in [-0.15, -0.1) is 0 Å². The van der Waals surface area contributed by atoms with E-state index in [4.69, 9.17) is 26.0 Å². The van der Waals surface area contributed by atoms with Gasteiger partial charge in [-0.3, -0.25) is 20.4 Å². The number of hydrogen-bond donors (Lipinski definition) is 5. The summed E-state index contributed by atoms with van der Waals surface area (Å²) in [6, 6.07) is 12.5. The molecule has 1 fully saturated rings. The largest absolute Gasteiger partial charge is 0.491 e. The van der Waals surface area contributed by atoms with Crippen molar-refractivity contribution in [3.05, 3.63) is 59.7 Å². The Hall–Kier alpha value is -4.08. The fourth-order valence-electron chi connectivity index (χ4n) is 3.77. The molecule has 186 valence electrons. The fourth-order valence-corrected chi connectivity index (χ4v) is 3.77. The first kappa shape index (κ1) is 25.5. The zero-order valence-corrected chi connectivity index (χ0v) is 19.6. The number of nitrogens with zero attached hydrogens (tertiary/aromatic N) is 1. The third-order valence-corrected chi connectivity index (χ3v) is 5.69. The average Bonchev–Trinajstić information content (AvgIpc) is 2.83. The van der Waals surface area contributed by atoms with E-state index in [1.807, 2.05) is 4.90 Å². The van der Waals surface area contributed by atoms with Crippen LogP contribution in [0.3, 0.4) is 0 Å². The fraction of sp³-hybridized carbons (Fsp3) is 0.360. The second kappa shape index (κ2) is 11.9. The molecule has 1 aliphatic rings. The van der Waals surface area contributed by atoms with Gasteiger partial charge in [0.05, 0.1) is 18.3 Å². The molecule has 2 aromatic carbocycles. The van der Waals surface area contributed by atoms with Crippen molar-refractivity contribution in [2.45, 2.75) is 38.3 Å². The second-order valence-corrected chi connectivity index (χ2v) is 8.43. The Morgan fingerprint density at radius 3 is 2.40 bits per heavy atom. The third kappa shape index (κ3) is 7.73. The Balaban J connectivity index is 1.55. The molecule has 10 heteroatoms. The molecule has 6 N–H and O–H groups in total. The number of nitrogens with two attached hydrogens (primary N) is 1. The summed E-state index contributed by atoms with van der Waals surface area (Å²) < 4.78 is 11.7. The van der Waals surface area contributed by atoms with Gasteiger partial charge in [0.25, 0.3) is 5.91 Å². The van der Waals surface area contributed by atoms with E-state index >= 15 is 0 Å². The molecule has 3 rings (SSSR count). The summed E-state index contributed by atoms with van der Waals surface area (Å²) in [6.45, 7) is 3.29. The predicted octanol–water partition coefficient (Wildman–Crippen LogP) is 2.46. The van der Waals surface area contributed by atoms with E-state index in [2.05, 4.69) is 5.32 Å². The molecule has 0 unspecified atom stereocenters. The molecule has 2 aromatic rings.